The summed E-state index contributed by atoms with van der Waals surface area (Å²) in [6, 6.07) is 5.01. The van der Waals surface area contributed by atoms with Gasteiger partial charge in [0.05, 0.1) is 24.4 Å². The molecule has 0 radical (unpaired) electrons. The predicted molar refractivity (Wildman–Crippen MR) is 117 cm³/mol. The number of anilines is 1. The first-order valence-corrected chi connectivity index (χ1v) is 10.7. The number of pyridine rings is 3. The van der Waals surface area contributed by atoms with E-state index < -0.39 is 47.4 Å². The molecule has 4 rings (SSSR count). The van der Waals surface area contributed by atoms with Crippen molar-refractivity contribution >= 4 is 11.7 Å². The maximum atomic E-state index is 14.6. The molecule has 35 heavy (non-hydrogen) atoms. The van der Waals surface area contributed by atoms with Crippen LogP contribution < -0.4 is 15.6 Å². The summed E-state index contributed by atoms with van der Waals surface area (Å²) in [4.78, 5) is 35.5. The molecular formula is C23H21F4N5O3. The number of piperidine rings is 1. The Balaban J connectivity index is 1.42. The summed E-state index contributed by atoms with van der Waals surface area (Å²) in [6.07, 6.45) is 2.86. The largest absolute Gasteiger partial charge is 0.437 e. The Morgan fingerprint density at radius 3 is 2.69 bits per heavy atom. The number of likely N-dealkylation sites (tertiary alicyclic amines) is 1. The summed E-state index contributed by atoms with van der Waals surface area (Å²) in [5.41, 5.74) is -0.150. The molecule has 0 aromatic carbocycles. The summed E-state index contributed by atoms with van der Waals surface area (Å²) >= 11 is 0. The summed E-state index contributed by atoms with van der Waals surface area (Å²) in [6.45, 7) is 1.34. The van der Waals surface area contributed by atoms with Gasteiger partial charge in [-0.3, -0.25) is 14.5 Å². The third kappa shape index (κ3) is 5.65. The Morgan fingerprint density at radius 2 is 2.03 bits per heavy atom. The summed E-state index contributed by atoms with van der Waals surface area (Å²) in [5, 5.41) is 2.37. The van der Waals surface area contributed by atoms with Crippen molar-refractivity contribution in [3.8, 4) is 11.6 Å². The maximum Gasteiger partial charge on any atom is 0.257 e. The second kappa shape index (κ2) is 9.82. The molecule has 1 saturated heterocycles. The third-order valence-corrected chi connectivity index (χ3v) is 5.78. The number of nitrogens with zero attached hydrogens (tertiary/aromatic N) is 3. The number of alkyl halides is 2. The number of rotatable bonds is 6. The third-order valence-electron chi connectivity index (χ3n) is 5.78. The predicted octanol–water partition coefficient (Wildman–Crippen LogP) is 3.69. The molecule has 12 heteroatoms. The Kier molecular flexibility index (Phi) is 6.83. The minimum absolute atomic E-state index is 0.0188. The molecule has 2 atom stereocenters. The number of carbonyl (C=O) groups is 1. The maximum absolute atomic E-state index is 14.6. The molecule has 8 nitrogen and oxygen atoms in total. The van der Waals surface area contributed by atoms with Crippen LogP contribution >= 0.6 is 0 Å². The fourth-order valence-electron chi connectivity index (χ4n) is 3.77. The minimum Gasteiger partial charge on any atom is -0.437 e. The lowest BCUT2D eigenvalue weighted by atomic mass is 9.87. The van der Waals surface area contributed by atoms with E-state index in [2.05, 4.69) is 20.3 Å². The van der Waals surface area contributed by atoms with Gasteiger partial charge in [0.2, 0.25) is 17.3 Å². The van der Waals surface area contributed by atoms with Crippen molar-refractivity contribution in [1.82, 2.24) is 19.9 Å². The Morgan fingerprint density at radius 1 is 1.23 bits per heavy atom. The van der Waals surface area contributed by atoms with Crippen molar-refractivity contribution in [2.75, 3.05) is 18.4 Å². The Labute approximate surface area is 197 Å². The zero-order valence-electron chi connectivity index (χ0n) is 18.5. The van der Waals surface area contributed by atoms with Gasteiger partial charge >= 0.3 is 0 Å². The minimum atomic E-state index is -3.02. The van der Waals surface area contributed by atoms with Gasteiger partial charge in [0.1, 0.15) is 5.82 Å². The van der Waals surface area contributed by atoms with Gasteiger partial charge in [0.15, 0.2) is 17.4 Å². The number of amides is 1. The van der Waals surface area contributed by atoms with E-state index in [-0.39, 0.29) is 36.1 Å². The molecular weight excluding hydrogens is 470 g/mol. The van der Waals surface area contributed by atoms with Crippen LogP contribution in [0.1, 0.15) is 24.8 Å². The van der Waals surface area contributed by atoms with Crippen molar-refractivity contribution in [2.24, 2.45) is 0 Å². The van der Waals surface area contributed by atoms with Crippen molar-refractivity contribution in [3.63, 3.8) is 0 Å². The lowest BCUT2D eigenvalue weighted by Crippen LogP contribution is -2.52. The number of aromatic nitrogens is 3. The fourth-order valence-corrected chi connectivity index (χ4v) is 3.77. The zero-order valence-corrected chi connectivity index (χ0v) is 18.5. The van der Waals surface area contributed by atoms with E-state index >= 15 is 0 Å². The van der Waals surface area contributed by atoms with E-state index in [1.54, 1.807) is 4.90 Å². The van der Waals surface area contributed by atoms with Crippen LogP contribution in [-0.4, -0.2) is 50.8 Å². The van der Waals surface area contributed by atoms with Crippen molar-refractivity contribution in [1.29, 1.82) is 0 Å². The van der Waals surface area contributed by atoms with Crippen LogP contribution in [0.25, 0.3) is 0 Å². The highest BCUT2D eigenvalue weighted by Gasteiger charge is 2.46. The van der Waals surface area contributed by atoms with Crippen LogP contribution in [0.15, 0.2) is 53.7 Å². The number of H-pyrrole nitrogens is 1. The molecule has 184 valence electrons. The van der Waals surface area contributed by atoms with Gasteiger partial charge in [-0.15, -0.1) is 0 Å². The molecule has 1 aliphatic heterocycles. The molecule has 1 aliphatic rings. The fraction of sp³-hybridized carbons (Fsp3) is 0.304. The topological polar surface area (TPSA) is 100 Å². The van der Waals surface area contributed by atoms with Crippen LogP contribution in [-0.2, 0) is 4.79 Å². The zero-order chi connectivity index (χ0) is 25.2. The monoisotopic (exact) mass is 491 g/mol. The first-order valence-electron chi connectivity index (χ1n) is 10.7. The van der Waals surface area contributed by atoms with Crippen LogP contribution in [0.5, 0.6) is 11.6 Å². The van der Waals surface area contributed by atoms with Crippen LogP contribution in [0.2, 0.25) is 0 Å². The average molecular weight is 491 g/mol. The number of halogens is 4. The van der Waals surface area contributed by atoms with Gasteiger partial charge in [-0.25, -0.2) is 27.5 Å². The van der Waals surface area contributed by atoms with E-state index in [9.17, 15) is 27.2 Å². The van der Waals surface area contributed by atoms with E-state index in [0.29, 0.717) is 0 Å². The van der Waals surface area contributed by atoms with Gasteiger partial charge in [0.25, 0.3) is 5.92 Å². The second-order valence-corrected chi connectivity index (χ2v) is 8.13. The Hall–Kier alpha value is -3.80. The van der Waals surface area contributed by atoms with Gasteiger partial charge in [0, 0.05) is 43.9 Å². The number of nitrogens with one attached hydrogen (secondary N) is 2. The average Bonchev–Trinajstić information content (AvgIpc) is 2.82. The molecule has 0 aliphatic carbocycles. The molecule has 3 aromatic heterocycles. The van der Waals surface area contributed by atoms with Crippen molar-refractivity contribution in [2.45, 2.75) is 31.2 Å². The van der Waals surface area contributed by atoms with Crippen molar-refractivity contribution < 1.29 is 27.1 Å². The Bertz CT molecular complexity index is 1250. The van der Waals surface area contributed by atoms with E-state index in [4.69, 9.17) is 4.74 Å². The standard InChI is InChI=1S/C23H21F4N5O3/c1-13(32-7-6-23(26,27)17(12-32)14-2-4-19(33)28-9-14)22(34)31-21-18(25)8-16(11-30-21)35-20-5-3-15(24)10-29-20/h2-5,8-11,13,17H,6-7,12H2,1H3,(H,28,33)(H,30,31,34)/t13?,17-/m1/s1. The molecule has 0 saturated carbocycles. The highest BCUT2D eigenvalue weighted by atomic mass is 19.3. The van der Waals surface area contributed by atoms with Gasteiger partial charge < -0.3 is 15.0 Å². The smallest absolute Gasteiger partial charge is 0.257 e. The van der Waals surface area contributed by atoms with Gasteiger partial charge in [-0.2, -0.15) is 0 Å². The number of hydrogen-bond donors (Lipinski definition) is 2. The molecule has 4 heterocycles. The quantitative estimate of drug-likeness (QED) is 0.511. The number of hydrogen-bond acceptors (Lipinski definition) is 6. The van der Waals surface area contributed by atoms with Gasteiger partial charge in [-0.05, 0) is 18.6 Å². The first-order chi connectivity index (χ1) is 16.6. The number of carbonyl (C=O) groups excluding carboxylic acids is 1. The van der Waals surface area contributed by atoms with Gasteiger partial charge in [-0.1, -0.05) is 6.07 Å². The van der Waals surface area contributed by atoms with E-state index in [0.717, 1.165) is 24.5 Å². The number of ether oxygens (including phenoxy) is 1. The molecule has 0 spiro atoms. The van der Waals surface area contributed by atoms with Crippen LogP contribution in [0.3, 0.4) is 0 Å². The highest BCUT2D eigenvalue weighted by molar-refractivity contribution is 5.93. The molecule has 0 bridgehead atoms. The summed E-state index contributed by atoms with van der Waals surface area (Å²) in [5.74, 6) is -6.68. The lowest BCUT2D eigenvalue weighted by Gasteiger charge is -2.40. The van der Waals surface area contributed by atoms with Crippen molar-refractivity contribution in [3.05, 3.63) is 76.5 Å². The lowest BCUT2D eigenvalue weighted by molar-refractivity contribution is -0.125. The van der Waals surface area contributed by atoms with Crippen LogP contribution in [0.4, 0.5) is 23.4 Å². The highest BCUT2D eigenvalue weighted by Crippen LogP contribution is 2.40. The van der Waals surface area contributed by atoms with Crippen LogP contribution in [0, 0.1) is 11.6 Å². The first kappa shape index (κ1) is 24.3. The van der Waals surface area contributed by atoms with E-state index in [1.165, 1.54) is 31.3 Å². The summed E-state index contributed by atoms with van der Waals surface area (Å²) < 4.78 is 62.0. The molecule has 2 N–H and O–H groups in total. The molecule has 1 unspecified atom stereocenters. The molecule has 1 fully saturated rings. The normalized spacial score (nSPS) is 18.6. The van der Waals surface area contributed by atoms with E-state index in [1.807, 2.05) is 0 Å². The molecule has 1 amide bonds. The SMILES string of the molecule is CC(C(=O)Nc1ncc(Oc2ccc(F)cn2)cc1F)N1CCC(F)(F)[C@@H](c2ccc(=O)[nH]c2)C1. The second-order valence-electron chi connectivity index (χ2n) is 8.13. The summed E-state index contributed by atoms with van der Waals surface area (Å²) in [7, 11) is 0. The molecule has 3 aromatic rings. The number of aromatic amines is 1.